The van der Waals surface area contributed by atoms with E-state index in [4.69, 9.17) is 0 Å². The molecule has 2 aromatic carbocycles. The van der Waals surface area contributed by atoms with Crippen molar-refractivity contribution in [2.24, 2.45) is 0 Å². The zero-order valence-electron chi connectivity index (χ0n) is 12.0. The highest BCUT2D eigenvalue weighted by atomic mass is 15.1. The third kappa shape index (κ3) is 2.34. The molecule has 3 aromatic rings. The fraction of sp³-hybridized carbons (Fsp3) is 0.278. The summed E-state index contributed by atoms with van der Waals surface area (Å²) in [6, 6.07) is 17.1. The Balaban J connectivity index is 1.74. The SMILES string of the molecule is c1ccc2c(-c3cc(C4CCNCC4)[nH]n3)cccc2c1. The van der Waals surface area contributed by atoms with Gasteiger partial charge in [-0.3, -0.25) is 5.10 Å². The van der Waals surface area contributed by atoms with E-state index in [1.807, 2.05) is 0 Å². The summed E-state index contributed by atoms with van der Waals surface area (Å²) >= 11 is 0. The number of hydrogen-bond donors (Lipinski definition) is 2. The Morgan fingerprint density at radius 1 is 0.952 bits per heavy atom. The van der Waals surface area contributed by atoms with Crippen molar-refractivity contribution in [1.29, 1.82) is 0 Å². The zero-order chi connectivity index (χ0) is 14.1. The van der Waals surface area contributed by atoms with Gasteiger partial charge in [0.1, 0.15) is 0 Å². The van der Waals surface area contributed by atoms with Gasteiger partial charge in [0.05, 0.1) is 5.69 Å². The van der Waals surface area contributed by atoms with Gasteiger partial charge in [-0.2, -0.15) is 5.10 Å². The van der Waals surface area contributed by atoms with Crippen molar-refractivity contribution in [3.05, 3.63) is 54.2 Å². The van der Waals surface area contributed by atoms with Crippen LogP contribution in [-0.2, 0) is 0 Å². The van der Waals surface area contributed by atoms with E-state index in [9.17, 15) is 0 Å². The standard InChI is InChI=1S/C18H19N3/c1-2-6-15-13(4-1)5-3-7-16(15)18-12-17(20-21-18)14-8-10-19-11-9-14/h1-7,12,14,19H,8-11H2,(H,20,21). The monoisotopic (exact) mass is 277 g/mol. The molecule has 0 spiro atoms. The molecule has 1 saturated heterocycles. The second kappa shape index (κ2) is 5.34. The maximum atomic E-state index is 4.57. The van der Waals surface area contributed by atoms with Crippen molar-refractivity contribution in [2.75, 3.05) is 13.1 Å². The summed E-state index contributed by atoms with van der Waals surface area (Å²) in [5.74, 6) is 0.613. The first-order chi connectivity index (χ1) is 10.4. The Morgan fingerprint density at radius 3 is 2.67 bits per heavy atom. The highest BCUT2D eigenvalue weighted by Crippen LogP contribution is 2.30. The molecule has 0 aliphatic carbocycles. The number of benzene rings is 2. The molecule has 106 valence electrons. The van der Waals surface area contributed by atoms with Crippen molar-refractivity contribution in [1.82, 2.24) is 15.5 Å². The summed E-state index contributed by atoms with van der Waals surface area (Å²) in [7, 11) is 0. The number of nitrogens with zero attached hydrogens (tertiary/aromatic N) is 1. The van der Waals surface area contributed by atoms with Crippen LogP contribution in [0.4, 0.5) is 0 Å². The molecule has 4 rings (SSSR count). The summed E-state index contributed by atoms with van der Waals surface area (Å²) in [4.78, 5) is 0. The lowest BCUT2D eigenvalue weighted by atomic mass is 9.94. The molecule has 2 N–H and O–H groups in total. The van der Waals surface area contributed by atoms with Gasteiger partial charge in [-0.15, -0.1) is 0 Å². The van der Waals surface area contributed by atoms with Gasteiger partial charge in [0.2, 0.25) is 0 Å². The molecule has 0 radical (unpaired) electrons. The normalized spacial score (nSPS) is 16.4. The highest BCUT2D eigenvalue weighted by molar-refractivity contribution is 5.95. The molecule has 0 bridgehead atoms. The van der Waals surface area contributed by atoms with E-state index in [0.717, 1.165) is 18.8 Å². The first-order valence-electron chi connectivity index (χ1n) is 7.66. The third-order valence-corrected chi connectivity index (χ3v) is 4.44. The third-order valence-electron chi connectivity index (χ3n) is 4.44. The molecule has 0 amide bonds. The van der Waals surface area contributed by atoms with Crippen molar-refractivity contribution in [3.63, 3.8) is 0 Å². The number of nitrogens with one attached hydrogen (secondary N) is 2. The van der Waals surface area contributed by atoms with Crippen LogP contribution in [0.1, 0.15) is 24.5 Å². The molecule has 21 heavy (non-hydrogen) atoms. The number of fused-ring (bicyclic) bond motifs is 1. The Morgan fingerprint density at radius 2 is 1.76 bits per heavy atom. The number of rotatable bonds is 2. The fourth-order valence-corrected chi connectivity index (χ4v) is 3.27. The molecule has 1 aromatic heterocycles. The molecule has 3 heteroatoms. The van der Waals surface area contributed by atoms with Crippen LogP contribution in [0.25, 0.3) is 22.0 Å². The number of aromatic nitrogens is 2. The second-order valence-corrected chi connectivity index (χ2v) is 5.76. The summed E-state index contributed by atoms with van der Waals surface area (Å²) < 4.78 is 0. The Bertz CT molecular complexity index is 749. The Labute approximate surface area is 124 Å². The summed E-state index contributed by atoms with van der Waals surface area (Å²) in [6.45, 7) is 2.21. The van der Waals surface area contributed by atoms with E-state index in [0.29, 0.717) is 5.92 Å². The van der Waals surface area contributed by atoms with E-state index >= 15 is 0 Å². The Kier molecular flexibility index (Phi) is 3.20. The van der Waals surface area contributed by atoms with Gasteiger partial charge in [-0.1, -0.05) is 42.5 Å². The van der Waals surface area contributed by atoms with Gasteiger partial charge >= 0.3 is 0 Å². The molecule has 3 nitrogen and oxygen atoms in total. The van der Waals surface area contributed by atoms with Gasteiger partial charge in [-0.25, -0.2) is 0 Å². The van der Waals surface area contributed by atoms with E-state index in [1.165, 1.54) is 34.9 Å². The van der Waals surface area contributed by atoms with Crippen LogP contribution in [0.5, 0.6) is 0 Å². The summed E-state index contributed by atoms with van der Waals surface area (Å²) in [5.41, 5.74) is 3.55. The molecule has 0 saturated carbocycles. The van der Waals surface area contributed by atoms with Crippen LogP contribution in [0.3, 0.4) is 0 Å². The van der Waals surface area contributed by atoms with Crippen LogP contribution in [-0.4, -0.2) is 23.3 Å². The van der Waals surface area contributed by atoms with Crippen LogP contribution in [0.2, 0.25) is 0 Å². The van der Waals surface area contributed by atoms with E-state index < -0.39 is 0 Å². The average Bonchev–Trinajstić information content (AvgIpc) is 3.05. The quantitative estimate of drug-likeness (QED) is 0.750. The maximum absolute atomic E-state index is 4.57. The van der Waals surface area contributed by atoms with E-state index in [1.54, 1.807) is 0 Å². The summed E-state index contributed by atoms with van der Waals surface area (Å²) in [5, 5.41) is 13.8. The van der Waals surface area contributed by atoms with Crippen molar-refractivity contribution < 1.29 is 0 Å². The van der Waals surface area contributed by atoms with Crippen LogP contribution in [0, 0.1) is 0 Å². The molecule has 1 aliphatic rings. The molecule has 0 atom stereocenters. The lowest BCUT2D eigenvalue weighted by molar-refractivity contribution is 0.453. The number of H-pyrrole nitrogens is 1. The minimum absolute atomic E-state index is 0.613. The molecular weight excluding hydrogens is 258 g/mol. The van der Waals surface area contributed by atoms with Gasteiger partial charge in [0.25, 0.3) is 0 Å². The first-order valence-corrected chi connectivity index (χ1v) is 7.66. The lowest BCUT2D eigenvalue weighted by Gasteiger charge is -2.20. The predicted molar refractivity (Wildman–Crippen MR) is 86.4 cm³/mol. The van der Waals surface area contributed by atoms with Gasteiger partial charge < -0.3 is 5.32 Å². The molecule has 1 aliphatic heterocycles. The largest absolute Gasteiger partial charge is 0.317 e. The molecular formula is C18H19N3. The highest BCUT2D eigenvalue weighted by Gasteiger charge is 2.18. The molecule has 0 unspecified atom stereocenters. The second-order valence-electron chi connectivity index (χ2n) is 5.76. The number of piperidine rings is 1. The zero-order valence-corrected chi connectivity index (χ0v) is 12.0. The number of aromatic amines is 1. The van der Waals surface area contributed by atoms with Gasteiger partial charge in [-0.05, 0) is 42.8 Å². The van der Waals surface area contributed by atoms with Crippen molar-refractivity contribution in [2.45, 2.75) is 18.8 Å². The minimum Gasteiger partial charge on any atom is -0.317 e. The van der Waals surface area contributed by atoms with Crippen molar-refractivity contribution >= 4 is 10.8 Å². The molecule has 2 heterocycles. The summed E-state index contributed by atoms with van der Waals surface area (Å²) in [6.07, 6.45) is 2.38. The Hall–Kier alpha value is -2.13. The minimum atomic E-state index is 0.613. The lowest BCUT2D eigenvalue weighted by Crippen LogP contribution is -2.26. The van der Waals surface area contributed by atoms with Crippen LogP contribution in [0.15, 0.2) is 48.5 Å². The van der Waals surface area contributed by atoms with Gasteiger partial charge in [0.15, 0.2) is 0 Å². The van der Waals surface area contributed by atoms with E-state index in [-0.39, 0.29) is 0 Å². The maximum Gasteiger partial charge on any atom is 0.0929 e. The predicted octanol–water partition coefficient (Wildman–Crippen LogP) is 3.70. The topological polar surface area (TPSA) is 40.7 Å². The van der Waals surface area contributed by atoms with Crippen LogP contribution < -0.4 is 5.32 Å². The average molecular weight is 277 g/mol. The van der Waals surface area contributed by atoms with Crippen LogP contribution >= 0.6 is 0 Å². The first kappa shape index (κ1) is 12.6. The fourth-order valence-electron chi connectivity index (χ4n) is 3.27. The van der Waals surface area contributed by atoms with Crippen molar-refractivity contribution in [3.8, 4) is 11.3 Å². The number of hydrogen-bond acceptors (Lipinski definition) is 2. The smallest absolute Gasteiger partial charge is 0.0929 e. The van der Waals surface area contributed by atoms with Gasteiger partial charge in [0, 0.05) is 17.2 Å². The molecule has 1 fully saturated rings. The van der Waals surface area contributed by atoms with E-state index in [2.05, 4.69) is 64.0 Å².